The molecule has 0 saturated carbocycles. The first-order chi connectivity index (χ1) is 9.81. The van der Waals surface area contributed by atoms with E-state index in [2.05, 4.69) is 25.6 Å². The summed E-state index contributed by atoms with van der Waals surface area (Å²) in [5.74, 6) is 0.836. The van der Waals surface area contributed by atoms with Crippen molar-refractivity contribution >= 4 is 11.6 Å². The Kier molecular flexibility index (Phi) is 5.11. The van der Waals surface area contributed by atoms with E-state index < -0.39 is 0 Å². The van der Waals surface area contributed by atoms with Crippen molar-refractivity contribution in [2.24, 2.45) is 0 Å². The van der Waals surface area contributed by atoms with Gasteiger partial charge in [-0.2, -0.15) is 0 Å². The lowest BCUT2D eigenvalue weighted by molar-refractivity contribution is 0.0953. The molecule has 0 spiro atoms. The highest BCUT2D eigenvalue weighted by Gasteiger charge is 2.10. The Balaban J connectivity index is 1.82. The first-order valence-electron chi connectivity index (χ1n) is 6.75. The summed E-state index contributed by atoms with van der Waals surface area (Å²) in [7, 11) is 0. The van der Waals surface area contributed by atoms with Crippen molar-refractivity contribution in [2.45, 2.75) is 19.8 Å². The summed E-state index contributed by atoms with van der Waals surface area (Å²) in [4.78, 5) is 23.3. The molecule has 2 heterocycles. The number of nitrogens with zero attached hydrogens (tertiary/aromatic N) is 2. The van der Waals surface area contributed by atoms with E-state index in [0.29, 0.717) is 12.1 Å². The number of H-pyrrole nitrogens is 1. The van der Waals surface area contributed by atoms with E-state index in [1.54, 1.807) is 30.9 Å². The summed E-state index contributed by atoms with van der Waals surface area (Å²) < 4.78 is 0. The molecule has 106 valence electrons. The molecule has 0 aliphatic rings. The van der Waals surface area contributed by atoms with Gasteiger partial charge in [0.15, 0.2) is 0 Å². The third kappa shape index (κ3) is 3.81. The lowest BCUT2D eigenvalue weighted by atomic mass is 10.2. The van der Waals surface area contributed by atoms with Crippen molar-refractivity contribution < 1.29 is 4.79 Å². The Labute approximate surface area is 118 Å². The molecule has 0 fully saturated rings. The van der Waals surface area contributed by atoms with Crippen LogP contribution in [-0.2, 0) is 6.42 Å². The van der Waals surface area contributed by atoms with Gasteiger partial charge in [0.05, 0.1) is 11.3 Å². The Hall–Kier alpha value is -2.37. The standard InChI is InChI=1S/C14H19N5O/c1-2-16-12-5-7-15-10-11(12)14(20)19-6-3-4-13-17-8-9-18-13/h5,7-10H,2-4,6H2,1H3,(H,15,16)(H,17,18)(H,19,20). The fourth-order valence-corrected chi connectivity index (χ4v) is 1.91. The largest absolute Gasteiger partial charge is 0.385 e. The number of amides is 1. The summed E-state index contributed by atoms with van der Waals surface area (Å²) >= 11 is 0. The Morgan fingerprint density at radius 2 is 2.30 bits per heavy atom. The summed E-state index contributed by atoms with van der Waals surface area (Å²) in [6, 6.07) is 1.81. The van der Waals surface area contributed by atoms with Crippen LogP contribution in [0.4, 0.5) is 5.69 Å². The average Bonchev–Trinajstić information content (AvgIpc) is 2.97. The van der Waals surface area contributed by atoms with E-state index in [1.165, 1.54) is 0 Å². The van der Waals surface area contributed by atoms with Gasteiger partial charge in [-0.1, -0.05) is 0 Å². The predicted octanol–water partition coefficient (Wildman–Crippen LogP) is 1.60. The molecule has 0 radical (unpaired) electrons. The zero-order valence-electron chi connectivity index (χ0n) is 11.5. The van der Waals surface area contributed by atoms with E-state index in [0.717, 1.165) is 30.9 Å². The minimum atomic E-state index is -0.103. The SMILES string of the molecule is CCNc1ccncc1C(=O)NCCCc1ncc[nH]1. The zero-order valence-corrected chi connectivity index (χ0v) is 11.5. The van der Waals surface area contributed by atoms with Crippen LogP contribution in [0.15, 0.2) is 30.9 Å². The van der Waals surface area contributed by atoms with Crippen LogP contribution >= 0.6 is 0 Å². The number of imidazole rings is 1. The molecule has 0 bridgehead atoms. The first-order valence-corrected chi connectivity index (χ1v) is 6.75. The number of hydrogen-bond acceptors (Lipinski definition) is 4. The van der Waals surface area contributed by atoms with Crippen LogP contribution in [-0.4, -0.2) is 33.9 Å². The Bertz CT molecular complexity index is 538. The summed E-state index contributed by atoms with van der Waals surface area (Å²) in [6.07, 6.45) is 8.44. The van der Waals surface area contributed by atoms with E-state index in [1.807, 2.05) is 6.92 Å². The first kappa shape index (κ1) is 14.0. The molecular formula is C14H19N5O. The lowest BCUT2D eigenvalue weighted by Crippen LogP contribution is -2.26. The monoisotopic (exact) mass is 273 g/mol. The van der Waals surface area contributed by atoms with Gasteiger partial charge < -0.3 is 15.6 Å². The van der Waals surface area contributed by atoms with Crippen LogP contribution < -0.4 is 10.6 Å². The molecular weight excluding hydrogens is 254 g/mol. The number of aromatic amines is 1. The van der Waals surface area contributed by atoms with Gasteiger partial charge in [-0.05, 0) is 19.4 Å². The molecule has 0 aromatic carbocycles. The third-order valence-electron chi connectivity index (χ3n) is 2.86. The van der Waals surface area contributed by atoms with Gasteiger partial charge in [0, 0.05) is 44.3 Å². The number of carbonyl (C=O) groups excluding carboxylic acids is 1. The number of rotatable bonds is 7. The van der Waals surface area contributed by atoms with Gasteiger partial charge in [-0.3, -0.25) is 9.78 Å². The van der Waals surface area contributed by atoms with Crippen molar-refractivity contribution in [3.05, 3.63) is 42.2 Å². The highest BCUT2D eigenvalue weighted by molar-refractivity contribution is 5.99. The molecule has 3 N–H and O–H groups in total. The number of aromatic nitrogens is 3. The van der Waals surface area contributed by atoms with E-state index >= 15 is 0 Å². The number of anilines is 1. The van der Waals surface area contributed by atoms with E-state index in [9.17, 15) is 4.79 Å². The van der Waals surface area contributed by atoms with Gasteiger partial charge in [0.25, 0.3) is 5.91 Å². The molecule has 2 aromatic heterocycles. The smallest absolute Gasteiger partial charge is 0.254 e. The van der Waals surface area contributed by atoms with Crippen molar-refractivity contribution in [1.29, 1.82) is 0 Å². The maximum atomic E-state index is 12.1. The molecule has 2 aromatic rings. The number of aryl methyl sites for hydroxylation is 1. The average molecular weight is 273 g/mol. The molecule has 0 atom stereocenters. The van der Waals surface area contributed by atoms with Crippen LogP contribution in [0.1, 0.15) is 29.5 Å². The molecule has 20 heavy (non-hydrogen) atoms. The molecule has 2 rings (SSSR count). The van der Waals surface area contributed by atoms with Crippen LogP contribution in [0.5, 0.6) is 0 Å². The van der Waals surface area contributed by atoms with Gasteiger partial charge in [-0.25, -0.2) is 4.98 Å². The maximum Gasteiger partial charge on any atom is 0.254 e. The molecule has 6 heteroatoms. The molecule has 0 aliphatic carbocycles. The van der Waals surface area contributed by atoms with Crippen LogP contribution in [0, 0.1) is 0 Å². The summed E-state index contributed by atoms with van der Waals surface area (Å²) in [5.41, 5.74) is 1.39. The van der Waals surface area contributed by atoms with E-state index in [-0.39, 0.29) is 5.91 Å². The second kappa shape index (κ2) is 7.28. The maximum absolute atomic E-state index is 12.1. The highest BCUT2D eigenvalue weighted by Crippen LogP contribution is 2.12. The Morgan fingerprint density at radius 3 is 3.05 bits per heavy atom. The second-order valence-electron chi connectivity index (χ2n) is 4.35. The van der Waals surface area contributed by atoms with Crippen molar-refractivity contribution in [1.82, 2.24) is 20.3 Å². The van der Waals surface area contributed by atoms with Crippen LogP contribution in [0.25, 0.3) is 0 Å². The predicted molar refractivity (Wildman–Crippen MR) is 77.6 cm³/mol. The quantitative estimate of drug-likeness (QED) is 0.669. The minimum Gasteiger partial charge on any atom is -0.385 e. The molecule has 0 aliphatic heterocycles. The molecule has 0 unspecified atom stereocenters. The zero-order chi connectivity index (χ0) is 14.2. The van der Waals surface area contributed by atoms with Crippen molar-refractivity contribution in [3.63, 3.8) is 0 Å². The minimum absolute atomic E-state index is 0.103. The number of pyridine rings is 1. The van der Waals surface area contributed by atoms with Gasteiger partial charge in [-0.15, -0.1) is 0 Å². The lowest BCUT2D eigenvalue weighted by Gasteiger charge is -2.10. The van der Waals surface area contributed by atoms with Gasteiger partial charge in [0.2, 0.25) is 0 Å². The number of hydrogen-bond donors (Lipinski definition) is 3. The second-order valence-corrected chi connectivity index (χ2v) is 4.35. The highest BCUT2D eigenvalue weighted by atomic mass is 16.1. The van der Waals surface area contributed by atoms with Crippen molar-refractivity contribution in [3.8, 4) is 0 Å². The Morgan fingerprint density at radius 1 is 1.40 bits per heavy atom. The van der Waals surface area contributed by atoms with Crippen LogP contribution in [0.3, 0.4) is 0 Å². The normalized spacial score (nSPS) is 10.2. The van der Waals surface area contributed by atoms with Crippen LogP contribution in [0.2, 0.25) is 0 Å². The molecule has 1 amide bonds. The number of nitrogens with one attached hydrogen (secondary N) is 3. The molecule has 0 saturated heterocycles. The van der Waals surface area contributed by atoms with E-state index in [4.69, 9.17) is 0 Å². The van der Waals surface area contributed by atoms with Gasteiger partial charge in [0.1, 0.15) is 5.82 Å². The third-order valence-corrected chi connectivity index (χ3v) is 2.86. The van der Waals surface area contributed by atoms with Crippen molar-refractivity contribution in [2.75, 3.05) is 18.4 Å². The topological polar surface area (TPSA) is 82.7 Å². The summed E-state index contributed by atoms with van der Waals surface area (Å²) in [6.45, 7) is 3.37. The fourth-order valence-electron chi connectivity index (χ4n) is 1.91. The molecule has 6 nitrogen and oxygen atoms in total. The fraction of sp³-hybridized carbons (Fsp3) is 0.357. The summed E-state index contributed by atoms with van der Waals surface area (Å²) in [5, 5.41) is 6.05. The van der Waals surface area contributed by atoms with Gasteiger partial charge >= 0.3 is 0 Å². The number of carbonyl (C=O) groups is 1.